The van der Waals surface area contributed by atoms with Crippen molar-refractivity contribution in [2.45, 2.75) is 31.8 Å². The fourth-order valence-corrected chi connectivity index (χ4v) is 1.27. The van der Waals surface area contributed by atoms with Crippen molar-refractivity contribution in [1.82, 2.24) is 10.6 Å². The third-order valence-electron chi connectivity index (χ3n) is 1.94. The van der Waals surface area contributed by atoms with Crippen LogP contribution in [0.5, 0.6) is 0 Å². The number of aliphatic carboxylic acids is 2. The minimum Gasteiger partial charge on any atom is -0.481 e. The maximum atomic E-state index is 11.5. The first kappa shape index (κ1) is 16.2. The van der Waals surface area contributed by atoms with Gasteiger partial charge >= 0.3 is 18.0 Å². The number of carboxylic acid groups (broad SMARTS) is 2. The van der Waals surface area contributed by atoms with Crippen LogP contribution in [-0.2, 0) is 14.3 Å². The van der Waals surface area contributed by atoms with Gasteiger partial charge in [-0.3, -0.25) is 4.79 Å². The molecule has 1 atom stereocenters. The first-order valence-corrected chi connectivity index (χ1v) is 5.20. The van der Waals surface area contributed by atoms with E-state index in [2.05, 4.69) is 10.6 Å². The number of hydrogen-bond donors (Lipinski definition) is 4. The molecule has 1 unspecified atom stereocenters. The van der Waals surface area contributed by atoms with Gasteiger partial charge in [-0.25, -0.2) is 9.59 Å². The van der Waals surface area contributed by atoms with Crippen LogP contribution in [0, 0.1) is 0 Å². The Morgan fingerprint density at radius 2 is 1.83 bits per heavy atom. The normalized spacial score (nSPS) is 12.6. The summed E-state index contributed by atoms with van der Waals surface area (Å²) in [6.45, 7) is 3.60. The van der Waals surface area contributed by atoms with Crippen molar-refractivity contribution in [3.8, 4) is 0 Å². The number of urea groups is 1. The summed E-state index contributed by atoms with van der Waals surface area (Å²) in [7, 11) is 1.46. The molecule has 8 heteroatoms. The van der Waals surface area contributed by atoms with Gasteiger partial charge in [0.1, 0.15) is 6.04 Å². The van der Waals surface area contributed by atoms with Crippen molar-refractivity contribution in [2.75, 3.05) is 13.7 Å². The fraction of sp³-hybridized carbons (Fsp3) is 0.700. The van der Waals surface area contributed by atoms with E-state index in [9.17, 15) is 14.4 Å². The van der Waals surface area contributed by atoms with Crippen molar-refractivity contribution in [1.29, 1.82) is 0 Å². The number of carbonyl (C=O) groups is 3. The van der Waals surface area contributed by atoms with Crippen LogP contribution in [0.4, 0.5) is 4.79 Å². The molecule has 0 aromatic carbocycles. The van der Waals surface area contributed by atoms with Gasteiger partial charge in [-0.1, -0.05) is 0 Å². The number of rotatable bonds is 7. The molecule has 104 valence electrons. The van der Waals surface area contributed by atoms with Gasteiger partial charge in [0.15, 0.2) is 0 Å². The van der Waals surface area contributed by atoms with Crippen LogP contribution in [-0.4, -0.2) is 53.5 Å². The average Bonchev–Trinajstić information content (AvgIpc) is 2.14. The first-order valence-electron chi connectivity index (χ1n) is 5.20. The molecule has 8 nitrogen and oxygen atoms in total. The van der Waals surface area contributed by atoms with Gasteiger partial charge in [0.25, 0.3) is 0 Å². The predicted molar refractivity (Wildman–Crippen MR) is 61.3 cm³/mol. The van der Waals surface area contributed by atoms with E-state index < -0.39 is 36.0 Å². The largest absolute Gasteiger partial charge is 0.481 e. The van der Waals surface area contributed by atoms with E-state index >= 15 is 0 Å². The van der Waals surface area contributed by atoms with Crippen LogP contribution < -0.4 is 10.6 Å². The smallest absolute Gasteiger partial charge is 0.326 e. The summed E-state index contributed by atoms with van der Waals surface area (Å²) in [5, 5.41) is 21.8. The summed E-state index contributed by atoms with van der Waals surface area (Å²) in [6, 6.07) is -2.23. The number of hydrogen-bond acceptors (Lipinski definition) is 4. The minimum atomic E-state index is -1.47. The molecule has 4 N–H and O–H groups in total. The molecule has 0 rings (SSSR count). The monoisotopic (exact) mass is 262 g/mol. The predicted octanol–water partition coefficient (Wildman–Crippen LogP) is -0.361. The van der Waals surface area contributed by atoms with Gasteiger partial charge in [0.2, 0.25) is 0 Å². The Balaban J connectivity index is 4.43. The standard InChI is InChI=1S/C10H18N2O6/c1-10(2,5-18-3)12-9(17)11-6(8(15)16)4-7(13)14/h6H,4-5H2,1-3H3,(H,13,14)(H,15,16)(H2,11,12,17). The Hall–Kier alpha value is -1.83. The zero-order valence-corrected chi connectivity index (χ0v) is 10.5. The van der Waals surface area contributed by atoms with Gasteiger partial charge in [-0.2, -0.15) is 0 Å². The Morgan fingerprint density at radius 3 is 2.22 bits per heavy atom. The molecule has 0 radical (unpaired) electrons. The zero-order chi connectivity index (χ0) is 14.3. The number of nitrogens with one attached hydrogen (secondary N) is 2. The average molecular weight is 262 g/mol. The highest BCUT2D eigenvalue weighted by Crippen LogP contribution is 2.02. The maximum Gasteiger partial charge on any atom is 0.326 e. The van der Waals surface area contributed by atoms with Gasteiger partial charge in [0.05, 0.1) is 18.6 Å². The molecule has 0 aliphatic rings. The van der Waals surface area contributed by atoms with Crippen LogP contribution in [0.3, 0.4) is 0 Å². The van der Waals surface area contributed by atoms with Crippen molar-refractivity contribution >= 4 is 18.0 Å². The second-order valence-corrected chi connectivity index (χ2v) is 4.40. The Bertz CT molecular complexity index is 328. The lowest BCUT2D eigenvalue weighted by atomic mass is 10.1. The van der Waals surface area contributed by atoms with Crippen LogP contribution in [0.25, 0.3) is 0 Å². The lowest BCUT2D eigenvalue weighted by Gasteiger charge is -2.26. The van der Waals surface area contributed by atoms with Gasteiger partial charge in [-0.05, 0) is 13.8 Å². The molecule has 0 fully saturated rings. The highest BCUT2D eigenvalue weighted by molar-refractivity contribution is 5.86. The third kappa shape index (κ3) is 6.69. The summed E-state index contributed by atoms with van der Waals surface area (Å²) < 4.78 is 4.87. The third-order valence-corrected chi connectivity index (χ3v) is 1.94. The Kier molecular flexibility index (Phi) is 6.11. The van der Waals surface area contributed by atoms with E-state index in [-0.39, 0.29) is 6.61 Å². The molecule has 0 spiro atoms. The zero-order valence-electron chi connectivity index (χ0n) is 10.5. The first-order chi connectivity index (χ1) is 8.18. The molecule has 0 heterocycles. The number of amides is 2. The number of ether oxygens (including phenoxy) is 1. The van der Waals surface area contributed by atoms with E-state index in [4.69, 9.17) is 14.9 Å². The molecular weight excluding hydrogens is 244 g/mol. The van der Waals surface area contributed by atoms with Crippen molar-refractivity contribution in [3.63, 3.8) is 0 Å². The Morgan fingerprint density at radius 1 is 1.28 bits per heavy atom. The van der Waals surface area contributed by atoms with Crippen molar-refractivity contribution in [3.05, 3.63) is 0 Å². The molecule has 0 bridgehead atoms. The summed E-state index contributed by atoms with van der Waals surface area (Å²) >= 11 is 0. The molecule has 0 aliphatic carbocycles. The minimum absolute atomic E-state index is 0.233. The number of methoxy groups -OCH3 is 1. The number of carbonyl (C=O) groups excluding carboxylic acids is 1. The van der Waals surface area contributed by atoms with E-state index in [1.165, 1.54) is 7.11 Å². The van der Waals surface area contributed by atoms with E-state index in [1.807, 2.05) is 0 Å². The molecule has 0 saturated carbocycles. The SMILES string of the molecule is COCC(C)(C)NC(=O)NC(CC(=O)O)C(=O)O. The molecule has 18 heavy (non-hydrogen) atoms. The van der Waals surface area contributed by atoms with Crippen molar-refractivity contribution in [2.24, 2.45) is 0 Å². The van der Waals surface area contributed by atoms with Crippen LogP contribution in [0.15, 0.2) is 0 Å². The molecule has 0 saturated heterocycles. The fourth-order valence-electron chi connectivity index (χ4n) is 1.27. The lowest BCUT2D eigenvalue weighted by molar-refractivity contribution is -0.145. The summed E-state index contributed by atoms with van der Waals surface area (Å²) in [4.78, 5) is 32.7. The number of carboxylic acids is 2. The molecule has 0 aromatic rings. The summed E-state index contributed by atoms with van der Waals surface area (Å²) in [6.07, 6.45) is -0.687. The topological polar surface area (TPSA) is 125 Å². The Labute approximate surface area is 104 Å². The summed E-state index contributed by atoms with van der Waals surface area (Å²) in [5.41, 5.74) is -0.689. The van der Waals surface area contributed by atoms with Gasteiger partial charge < -0.3 is 25.6 Å². The second-order valence-electron chi connectivity index (χ2n) is 4.40. The molecule has 0 aromatic heterocycles. The van der Waals surface area contributed by atoms with E-state index in [0.29, 0.717) is 0 Å². The van der Waals surface area contributed by atoms with Crippen LogP contribution >= 0.6 is 0 Å². The second kappa shape index (κ2) is 6.80. The van der Waals surface area contributed by atoms with Crippen LogP contribution in [0.1, 0.15) is 20.3 Å². The van der Waals surface area contributed by atoms with Gasteiger partial charge in [-0.15, -0.1) is 0 Å². The highest BCUT2D eigenvalue weighted by atomic mass is 16.5. The molecular formula is C10H18N2O6. The maximum absolute atomic E-state index is 11.5. The van der Waals surface area contributed by atoms with Crippen LogP contribution in [0.2, 0.25) is 0 Å². The van der Waals surface area contributed by atoms with E-state index in [1.54, 1.807) is 13.8 Å². The van der Waals surface area contributed by atoms with E-state index in [0.717, 1.165) is 0 Å². The van der Waals surface area contributed by atoms with Crippen molar-refractivity contribution < 1.29 is 29.3 Å². The summed E-state index contributed by atoms with van der Waals surface area (Å²) in [5.74, 6) is -2.71. The molecule has 2 amide bonds. The van der Waals surface area contributed by atoms with Gasteiger partial charge in [0, 0.05) is 7.11 Å². The molecule has 0 aliphatic heterocycles. The quantitative estimate of drug-likeness (QED) is 0.496. The lowest BCUT2D eigenvalue weighted by Crippen LogP contribution is -2.54. The highest BCUT2D eigenvalue weighted by Gasteiger charge is 2.26.